The summed E-state index contributed by atoms with van der Waals surface area (Å²) in [4.78, 5) is 51.0. The maximum Gasteiger partial charge on any atom is 0.255 e. The van der Waals surface area contributed by atoms with Gasteiger partial charge >= 0.3 is 0 Å². The summed E-state index contributed by atoms with van der Waals surface area (Å²) in [5, 5.41) is 2.28. The van der Waals surface area contributed by atoms with Crippen molar-refractivity contribution < 1.29 is 23.6 Å². The van der Waals surface area contributed by atoms with Gasteiger partial charge in [-0.2, -0.15) is 0 Å². The van der Waals surface area contributed by atoms with Gasteiger partial charge in [0.05, 0.1) is 12.2 Å². The molecule has 1 aromatic rings. The minimum absolute atomic E-state index is 0.00322. The molecule has 0 aromatic heterocycles. The molecule has 0 radical (unpaired) electrons. The Morgan fingerprint density at radius 3 is 2.28 bits per heavy atom. The van der Waals surface area contributed by atoms with Crippen LogP contribution >= 0.6 is 0 Å². The summed E-state index contributed by atoms with van der Waals surface area (Å²) in [7, 11) is 0. The SMILES string of the molecule is CC.CC.CC1(N2Cc3c(ccc(N4CCC(C=O)CC4)c3F)C2=O)CCC(=O)NC1=O. The molecule has 176 valence electrons. The molecule has 32 heavy (non-hydrogen) atoms. The first-order chi connectivity index (χ1) is 15.3. The monoisotopic (exact) mass is 447 g/mol. The van der Waals surface area contributed by atoms with E-state index in [-0.39, 0.29) is 42.3 Å². The standard InChI is InChI=1S/C20H22FN3O4.2C2H6/c1-20(7-4-16(26)22-19(20)28)24-10-14-13(18(24)27)2-3-15(17(14)21)23-8-5-12(11-25)6-9-23;2*1-2/h2-3,11-12H,4-10H2,1H3,(H,22,26,28);2*1-2H3. The molecule has 3 heterocycles. The largest absolute Gasteiger partial charge is 0.369 e. The molecule has 0 aliphatic carbocycles. The lowest BCUT2D eigenvalue weighted by atomic mass is 9.89. The number of amides is 3. The normalized spacial score (nSPS) is 22.9. The smallest absolute Gasteiger partial charge is 0.255 e. The number of rotatable bonds is 3. The number of carbonyl (C=O) groups excluding carboxylic acids is 4. The van der Waals surface area contributed by atoms with E-state index in [4.69, 9.17) is 0 Å². The molecule has 0 bridgehead atoms. The van der Waals surface area contributed by atoms with Gasteiger partial charge in [-0.05, 0) is 38.3 Å². The zero-order chi connectivity index (χ0) is 24.1. The molecule has 2 saturated heterocycles. The minimum Gasteiger partial charge on any atom is -0.369 e. The number of carbonyl (C=O) groups is 4. The van der Waals surface area contributed by atoms with Gasteiger partial charge < -0.3 is 14.6 Å². The van der Waals surface area contributed by atoms with E-state index in [1.807, 2.05) is 32.6 Å². The van der Waals surface area contributed by atoms with Crippen molar-refractivity contribution in [2.24, 2.45) is 5.92 Å². The lowest BCUT2D eigenvalue weighted by Crippen LogP contribution is -2.61. The number of fused-ring (bicyclic) bond motifs is 1. The summed E-state index contributed by atoms with van der Waals surface area (Å²) in [6.07, 6.45) is 2.66. The Morgan fingerprint density at radius 1 is 1.09 bits per heavy atom. The number of imide groups is 1. The van der Waals surface area contributed by atoms with Gasteiger partial charge in [-0.15, -0.1) is 0 Å². The third kappa shape index (κ3) is 4.54. The van der Waals surface area contributed by atoms with Gasteiger partial charge in [0.1, 0.15) is 11.8 Å². The average molecular weight is 448 g/mol. The van der Waals surface area contributed by atoms with Crippen molar-refractivity contribution in [3.8, 4) is 0 Å². The lowest BCUT2D eigenvalue weighted by molar-refractivity contribution is -0.142. The first-order valence-corrected chi connectivity index (χ1v) is 11.5. The van der Waals surface area contributed by atoms with Crippen molar-refractivity contribution >= 4 is 29.7 Å². The van der Waals surface area contributed by atoms with Crippen LogP contribution in [0.1, 0.15) is 76.2 Å². The summed E-state index contributed by atoms with van der Waals surface area (Å²) in [5.74, 6) is -1.72. The molecule has 1 aromatic carbocycles. The third-order valence-electron chi connectivity index (χ3n) is 6.26. The molecule has 7 nitrogen and oxygen atoms in total. The topological polar surface area (TPSA) is 86.8 Å². The van der Waals surface area contributed by atoms with E-state index in [9.17, 15) is 19.2 Å². The Kier molecular flexibility index (Phi) is 8.52. The summed E-state index contributed by atoms with van der Waals surface area (Å²) >= 11 is 0. The summed E-state index contributed by atoms with van der Waals surface area (Å²) < 4.78 is 15.3. The number of nitrogens with one attached hydrogen (secondary N) is 1. The van der Waals surface area contributed by atoms with Crippen molar-refractivity contribution in [2.75, 3.05) is 18.0 Å². The van der Waals surface area contributed by atoms with Gasteiger partial charge in [0.15, 0.2) is 5.82 Å². The highest BCUT2D eigenvalue weighted by atomic mass is 19.1. The number of anilines is 1. The Labute approximate surface area is 189 Å². The van der Waals surface area contributed by atoms with E-state index in [1.54, 1.807) is 19.1 Å². The Bertz CT molecular complexity index is 880. The van der Waals surface area contributed by atoms with E-state index in [2.05, 4.69) is 5.32 Å². The van der Waals surface area contributed by atoms with Crippen LogP contribution in [0.3, 0.4) is 0 Å². The molecule has 0 spiro atoms. The zero-order valence-corrected chi connectivity index (χ0v) is 19.7. The maximum absolute atomic E-state index is 15.3. The van der Waals surface area contributed by atoms with Crippen LogP contribution in [0.5, 0.6) is 0 Å². The summed E-state index contributed by atoms with van der Waals surface area (Å²) in [6, 6.07) is 3.21. The second kappa shape index (κ2) is 10.7. The van der Waals surface area contributed by atoms with E-state index in [0.717, 1.165) is 6.29 Å². The van der Waals surface area contributed by atoms with E-state index in [1.165, 1.54) is 4.90 Å². The number of hydrogen-bond donors (Lipinski definition) is 1. The van der Waals surface area contributed by atoms with Crippen LogP contribution in [0.25, 0.3) is 0 Å². The second-order valence-corrected chi connectivity index (χ2v) is 7.93. The molecular weight excluding hydrogens is 413 g/mol. The van der Waals surface area contributed by atoms with Crippen LogP contribution in [0.4, 0.5) is 10.1 Å². The number of hydrogen-bond acceptors (Lipinski definition) is 5. The molecule has 3 aliphatic heterocycles. The van der Waals surface area contributed by atoms with Crippen molar-refractivity contribution in [1.29, 1.82) is 0 Å². The molecule has 2 fully saturated rings. The van der Waals surface area contributed by atoms with Gasteiger partial charge in [-0.1, -0.05) is 27.7 Å². The number of aldehydes is 1. The number of halogens is 1. The fourth-order valence-corrected chi connectivity index (χ4v) is 4.31. The molecule has 3 amide bonds. The first kappa shape index (κ1) is 25.5. The molecule has 1 unspecified atom stereocenters. The van der Waals surface area contributed by atoms with E-state index >= 15 is 4.39 Å². The molecule has 1 N–H and O–H groups in total. The highest BCUT2D eigenvalue weighted by Crippen LogP contribution is 2.38. The Balaban J connectivity index is 0.000000860. The average Bonchev–Trinajstić information content (AvgIpc) is 3.17. The van der Waals surface area contributed by atoms with Crippen LogP contribution in [-0.2, 0) is 20.9 Å². The molecule has 4 rings (SSSR count). The summed E-state index contributed by atoms with van der Waals surface area (Å²) in [5.41, 5.74) is -0.217. The fraction of sp³-hybridized carbons (Fsp3) is 0.583. The van der Waals surface area contributed by atoms with Crippen molar-refractivity contribution in [3.05, 3.63) is 29.1 Å². The fourth-order valence-electron chi connectivity index (χ4n) is 4.31. The van der Waals surface area contributed by atoms with Crippen LogP contribution < -0.4 is 10.2 Å². The van der Waals surface area contributed by atoms with Crippen LogP contribution in [0, 0.1) is 11.7 Å². The zero-order valence-electron chi connectivity index (χ0n) is 19.7. The maximum atomic E-state index is 15.3. The molecular formula is C24H34FN3O4. The van der Waals surface area contributed by atoms with Gasteiger partial charge in [0.2, 0.25) is 5.91 Å². The predicted octanol–water partition coefficient (Wildman–Crippen LogP) is 3.44. The van der Waals surface area contributed by atoms with E-state index in [0.29, 0.717) is 31.6 Å². The number of nitrogens with zero attached hydrogens (tertiary/aromatic N) is 2. The highest BCUT2D eigenvalue weighted by molar-refractivity contribution is 6.07. The van der Waals surface area contributed by atoms with Crippen LogP contribution in [-0.4, -0.2) is 47.5 Å². The first-order valence-electron chi connectivity index (χ1n) is 11.5. The summed E-state index contributed by atoms with van der Waals surface area (Å²) in [6.45, 7) is 10.8. The predicted molar refractivity (Wildman–Crippen MR) is 121 cm³/mol. The highest BCUT2D eigenvalue weighted by Gasteiger charge is 2.49. The van der Waals surface area contributed by atoms with Gasteiger partial charge in [-0.25, -0.2) is 4.39 Å². The molecule has 8 heteroatoms. The van der Waals surface area contributed by atoms with Crippen molar-refractivity contribution in [3.63, 3.8) is 0 Å². The lowest BCUT2D eigenvalue weighted by Gasteiger charge is -2.39. The van der Waals surface area contributed by atoms with Gasteiger partial charge in [-0.3, -0.25) is 19.7 Å². The Morgan fingerprint density at radius 2 is 1.72 bits per heavy atom. The van der Waals surface area contributed by atoms with Crippen molar-refractivity contribution in [1.82, 2.24) is 10.2 Å². The minimum atomic E-state index is -1.18. The van der Waals surface area contributed by atoms with Crippen LogP contribution in [0.2, 0.25) is 0 Å². The van der Waals surface area contributed by atoms with E-state index < -0.39 is 23.2 Å². The number of piperidine rings is 2. The van der Waals surface area contributed by atoms with Gasteiger partial charge in [0.25, 0.3) is 11.8 Å². The molecule has 3 aliphatic rings. The molecule has 0 saturated carbocycles. The molecule has 1 atom stereocenters. The quantitative estimate of drug-likeness (QED) is 0.567. The third-order valence-corrected chi connectivity index (χ3v) is 6.26. The van der Waals surface area contributed by atoms with Gasteiger partial charge in [0, 0.05) is 36.6 Å². The second-order valence-electron chi connectivity index (χ2n) is 7.93. The Hall–Kier alpha value is -2.77. The van der Waals surface area contributed by atoms with Crippen LogP contribution in [0.15, 0.2) is 12.1 Å². The number of benzene rings is 1. The van der Waals surface area contributed by atoms with Crippen molar-refractivity contribution in [2.45, 2.75) is 72.4 Å².